The summed E-state index contributed by atoms with van der Waals surface area (Å²) in [4.78, 5) is 22.8. The molecule has 1 unspecified atom stereocenters. The summed E-state index contributed by atoms with van der Waals surface area (Å²) in [6, 6.07) is 5.85. The van der Waals surface area contributed by atoms with E-state index in [1.165, 1.54) is 0 Å². The molecule has 2 aromatic rings. The van der Waals surface area contributed by atoms with Gasteiger partial charge in [0.25, 0.3) is 0 Å². The highest BCUT2D eigenvalue weighted by molar-refractivity contribution is 7.13. The molecule has 0 bridgehead atoms. The molecule has 1 saturated heterocycles. The standard InChI is InChI=1S/C15H18N4OS/c1-2-14(20)19-9-5-6-12(19)11-10-21-15(17-11)18-13-7-3-4-8-16-13/h3-4,7-8,10,12H,2,5-6,9H2,1H3,(H,16,17,18). The van der Waals surface area contributed by atoms with Gasteiger partial charge in [-0.1, -0.05) is 13.0 Å². The summed E-state index contributed by atoms with van der Waals surface area (Å²) in [6.07, 6.45) is 4.35. The van der Waals surface area contributed by atoms with Gasteiger partial charge in [0.15, 0.2) is 5.13 Å². The van der Waals surface area contributed by atoms with E-state index in [1.807, 2.05) is 35.4 Å². The zero-order valence-corrected chi connectivity index (χ0v) is 12.8. The molecule has 1 atom stereocenters. The van der Waals surface area contributed by atoms with E-state index in [2.05, 4.69) is 15.3 Å². The summed E-state index contributed by atoms with van der Waals surface area (Å²) in [5, 5.41) is 6.06. The first-order valence-corrected chi connectivity index (χ1v) is 8.09. The van der Waals surface area contributed by atoms with Crippen LogP contribution in [0.2, 0.25) is 0 Å². The number of anilines is 2. The molecule has 3 heterocycles. The van der Waals surface area contributed by atoms with Crippen LogP contribution in [0.5, 0.6) is 0 Å². The SMILES string of the molecule is CCC(=O)N1CCCC1c1csc(Nc2ccccn2)n1. The average Bonchev–Trinajstić information content (AvgIpc) is 3.16. The second-order valence-electron chi connectivity index (χ2n) is 5.02. The lowest BCUT2D eigenvalue weighted by atomic mass is 10.1. The Labute approximate surface area is 128 Å². The normalized spacial score (nSPS) is 18.0. The van der Waals surface area contributed by atoms with Crippen molar-refractivity contribution in [1.29, 1.82) is 0 Å². The number of nitrogens with zero attached hydrogens (tertiary/aromatic N) is 3. The van der Waals surface area contributed by atoms with E-state index in [1.54, 1.807) is 17.5 Å². The summed E-state index contributed by atoms with van der Waals surface area (Å²) in [6.45, 7) is 2.75. The Morgan fingerprint density at radius 1 is 1.52 bits per heavy atom. The maximum atomic E-state index is 12.0. The van der Waals surface area contributed by atoms with Crippen LogP contribution in [-0.2, 0) is 4.79 Å². The molecular weight excluding hydrogens is 284 g/mol. The molecule has 1 aliphatic rings. The quantitative estimate of drug-likeness (QED) is 0.941. The minimum absolute atomic E-state index is 0.132. The first-order valence-electron chi connectivity index (χ1n) is 7.21. The van der Waals surface area contributed by atoms with Gasteiger partial charge in [-0.2, -0.15) is 0 Å². The van der Waals surface area contributed by atoms with Crippen LogP contribution in [0.4, 0.5) is 10.9 Å². The van der Waals surface area contributed by atoms with Crippen molar-refractivity contribution < 1.29 is 4.79 Å². The van der Waals surface area contributed by atoms with E-state index >= 15 is 0 Å². The molecule has 110 valence electrons. The van der Waals surface area contributed by atoms with Crippen LogP contribution < -0.4 is 5.32 Å². The lowest BCUT2D eigenvalue weighted by molar-refractivity contribution is -0.131. The molecule has 0 saturated carbocycles. The van der Waals surface area contributed by atoms with Crippen molar-refractivity contribution in [2.75, 3.05) is 11.9 Å². The lowest BCUT2D eigenvalue weighted by Crippen LogP contribution is -2.29. The molecule has 0 radical (unpaired) electrons. The summed E-state index contributed by atoms with van der Waals surface area (Å²) in [5.74, 6) is 0.996. The van der Waals surface area contributed by atoms with Crippen molar-refractivity contribution in [2.24, 2.45) is 0 Å². The van der Waals surface area contributed by atoms with Gasteiger partial charge in [-0.15, -0.1) is 11.3 Å². The lowest BCUT2D eigenvalue weighted by Gasteiger charge is -2.22. The molecular formula is C15H18N4OS. The average molecular weight is 302 g/mol. The predicted octanol–water partition coefficient (Wildman–Crippen LogP) is 3.36. The van der Waals surface area contributed by atoms with Crippen molar-refractivity contribution in [1.82, 2.24) is 14.9 Å². The van der Waals surface area contributed by atoms with Crippen LogP contribution in [0.1, 0.15) is 37.9 Å². The summed E-state index contributed by atoms with van der Waals surface area (Å²) in [7, 11) is 0. The number of rotatable bonds is 4. The zero-order chi connectivity index (χ0) is 14.7. The molecule has 6 heteroatoms. The minimum Gasteiger partial charge on any atom is -0.334 e. The largest absolute Gasteiger partial charge is 0.334 e. The number of nitrogens with one attached hydrogen (secondary N) is 1. The summed E-state index contributed by atoms with van der Waals surface area (Å²) in [5.41, 5.74) is 0.984. The van der Waals surface area contributed by atoms with E-state index in [0.717, 1.165) is 36.0 Å². The van der Waals surface area contributed by atoms with E-state index in [0.29, 0.717) is 6.42 Å². The first-order chi connectivity index (χ1) is 10.3. The summed E-state index contributed by atoms with van der Waals surface area (Å²) >= 11 is 1.55. The Bertz CT molecular complexity index is 613. The van der Waals surface area contributed by atoms with E-state index < -0.39 is 0 Å². The molecule has 0 spiro atoms. The number of aromatic nitrogens is 2. The van der Waals surface area contributed by atoms with Gasteiger partial charge in [-0.05, 0) is 25.0 Å². The van der Waals surface area contributed by atoms with Crippen LogP contribution >= 0.6 is 11.3 Å². The number of carbonyl (C=O) groups is 1. The van der Waals surface area contributed by atoms with E-state index in [-0.39, 0.29) is 11.9 Å². The Balaban J connectivity index is 1.74. The van der Waals surface area contributed by atoms with Gasteiger partial charge in [-0.3, -0.25) is 4.79 Å². The molecule has 5 nitrogen and oxygen atoms in total. The van der Waals surface area contributed by atoms with Crippen LogP contribution in [0.3, 0.4) is 0 Å². The topological polar surface area (TPSA) is 58.1 Å². The number of pyridine rings is 1. The third-order valence-electron chi connectivity index (χ3n) is 3.64. The monoisotopic (exact) mass is 302 g/mol. The number of hydrogen-bond donors (Lipinski definition) is 1. The van der Waals surface area contributed by atoms with E-state index in [9.17, 15) is 4.79 Å². The fourth-order valence-electron chi connectivity index (χ4n) is 2.62. The van der Waals surface area contributed by atoms with Gasteiger partial charge < -0.3 is 10.2 Å². The molecule has 1 amide bonds. The molecule has 1 fully saturated rings. The maximum Gasteiger partial charge on any atom is 0.222 e. The minimum atomic E-state index is 0.132. The fraction of sp³-hybridized carbons (Fsp3) is 0.400. The van der Waals surface area contributed by atoms with Crippen molar-refractivity contribution in [3.05, 3.63) is 35.5 Å². The fourth-order valence-corrected chi connectivity index (χ4v) is 3.38. The molecule has 1 aliphatic heterocycles. The van der Waals surface area contributed by atoms with Gasteiger partial charge in [0.05, 0.1) is 11.7 Å². The van der Waals surface area contributed by atoms with Crippen LogP contribution in [0.15, 0.2) is 29.8 Å². The van der Waals surface area contributed by atoms with Crippen molar-refractivity contribution in [3.63, 3.8) is 0 Å². The van der Waals surface area contributed by atoms with Gasteiger partial charge in [0.2, 0.25) is 5.91 Å². The molecule has 3 rings (SSSR count). The van der Waals surface area contributed by atoms with Gasteiger partial charge in [0, 0.05) is 24.5 Å². The molecule has 21 heavy (non-hydrogen) atoms. The highest BCUT2D eigenvalue weighted by Gasteiger charge is 2.30. The third-order valence-corrected chi connectivity index (χ3v) is 4.41. The summed E-state index contributed by atoms with van der Waals surface area (Å²) < 4.78 is 0. The molecule has 0 aliphatic carbocycles. The van der Waals surface area contributed by atoms with Crippen LogP contribution in [0, 0.1) is 0 Å². The van der Waals surface area contributed by atoms with Crippen LogP contribution in [0.25, 0.3) is 0 Å². The number of hydrogen-bond acceptors (Lipinski definition) is 5. The zero-order valence-electron chi connectivity index (χ0n) is 12.0. The highest BCUT2D eigenvalue weighted by Crippen LogP contribution is 2.34. The number of thiazole rings is 1. The van der Waals surface area contributed by atoms with Gasteiger partial charge in [0.1, 0.15) is 5.82 Å². The van der Waals surface area contributed by atoms with Crippen molar-refractivity contribution in [2.45, 2.75) is 32.2 Å². The third kappa shape index (κ3) is 3.05. The van der Waals surface area contributed by atoms with Gasteiger partial charge in [-0.25, -0.2) is 9.97 Å². The number of likely N-dealkylation sites (tertiary alicyclic amines) is 1. The van der Waals surface area contributed by atoms with Gasteiger partial charge >= 0.3 is 0 Å². The Kier molecular flexibility index (Phi) is 4.15. The van der Waals surface area contributed by atoms with Crippen molar-refractivity contribution >= 4 is 28.2 Å². The molecule has 2 aromatic heterocycles. The molecule has 1 N–H and O–H groups in total. The number of carbonyl (C=O) groups excluding carboxylic acids is 1. The Hall–Kier alpha value is -1.95. The highest BCUT2D eigenvalue weighted by atomic mass is 32.1. The first kappa shape index (κ1) is 14.0. The van der Waals surface area contributed by atoms with Crippen LogP contribution in [-0.4, -0.2) is 27.3 Å². The maximum absolute atomic E-state index is 12.0. The smallest absolute Gasteiger partial charge is 0.222 e. The second-order valence-corrected chi connectivity index (χ2v) is 5.87. The van der Waals surface area contributed by atoms with Crippen molar-refractivity contribution in [3.8, 4) is 0 Å². The second kappa shape index (κ2) is 6.22. The number of amides is 1. The predicted molar refractivity (Wildman–Crippen MR) is 83.6 cm³/mol. The van der Waals surface area contributed by atoms with E-state index in [4.69, 9.17) is 0 Å². The Morgan fingerprint density at radius 3 is 3.19 bits per heavy atom. The molecule has 0 aromatic carbocycles. The Morgan fingerprint density at radius 2 is 2.43 bits per heavy atom.